The number of anilines is 3. The van der Waals surface area contributed by atoms with E-state index in [1.54, 1.807) is 0 Å². The highest BCUT2D eigenvalue weighted by Gasteiger charge is 2.25. The molecule has 1 aliphatic carbocycles. The van der Waals surface area contributed by atoms with Gasteiger partial charge in [-0.3, -0.25) is 0 Å². The van der Waals surface area contributed by atoms with Crippen LogP contribution in [0.5, 0.6) is 5.75 Å². The molecule has 0 fully saturated rings. The van der Waals surface area contributed by atoms with Crippen LogP contribution in [0.3, 0.4) is 0 Å². The van der Waals surface area contributed by atoms with Gasteiger partial charge in [-0.2, -0.15) is 4.98 Å². The van der Waals surface area contributed by atoms with Crippen LogP contribution in [0, 0.1) is 0 Å². The Morgan fingerprint density at radius 3 is 2.89 bits per heavy atom. The van der Waals surface area contributed by atoms with Gasteiger partial charge < -0.3 is 15.0 Å². The summed E-state index contributed by atoms with van der Waals surface area (Å²) in [5, 5.41) is 3.58. The van der Waals surface area contributed by atoms with Crippen molar-refractivity contribution in [3.05, 3.63) is 59.3 Å². The number of aryl methyl sites for hydroxylation is 1. The molecule has 5 heteroatoms. The zero-order valence-corrected chi connectivity index (χ0v) is 16.7. The quantitative estimate of drug-likeness (QED) is 0.758. The van der Waals surface area contributed by atoms with E-state index >= 15 is 0 Å². The van der Waals surface area contributed by atoms with Gasteiger partial charge in [0.05, 0.1) is 17.9 Å². The van der Waals surface area contributed by atoms with Crippen molar-refractivity contribution in [1.29, 1.82) is 0 Å². The topological polar surface area (TPSA) is 50.3 Å². The highest BCUT2D eigenvalue weighted by molar-refractivity contribution is 5.68. The maximum absolute atomic E-state index is 5.81. The second kappa shape index (κ2) is 8.46. The molecule has 0 bridgehead atoms. The summed E-state index contributed by atoms with van der Waals surface area (Å²) in [7, 11) is 0. The standard InChI is InChI=1S/C23H28N4O/c1-3-9-17(4-2)16-24-22-18-10-5-6-11-19(18)25-23(26-22)27-14-15-28-21-13-8-7-12-20(21)27/h3-4,7-9,12-13H,5-6,10-11,14-16H2,1-2H3,(H,24,25,26). The van der Waals surface area contributed by atoms with Gasteiger partial charge >= 0.3 is 0 Å². The lowest BCUT2D eigenvalue weighted by atomic mass is 9.96. The van der Waals surface area contributed by atoms with Gasteiger partial charge in [-0.15, -0.1) is 0 Å². The SMILES string of the molecule is CC=CC(=CC)CNc1nc(N2CCOc3ccccc32)nc2c1CCCC2. The predicted octanol–water partition coefficient (Wildman–Crippen LogP) is 4.82. The van der Waals surface area contributed by atoms with Gasteiger partial charge in [0.25, 0.3) is 0 Å². The van der Waals surface area contributed by atoms with Crippen molar-refractivity contribution in [2.45, 2.75) is 39.5 Å². The van der Waals surface area contributed by atoms with Crippen LogP contribution in [0.4, 0.5) is 17.5 Å². The molecule has 1 N–H and O–H groups in total. The van der Waals surface area contributed by atoms with Crippen molar-refractivity contribution < 1.29 is 4.74 Å². The molecule has 2 aliphatic rings. The Morgan fingerprint density at radius 2 is 2.04 bits per heavy atom. The number of allylic oxidation sites excluding steroid dienone is 2. The van der Waals surface area contributed by atoms with E-state index in [0.717, 1.165) is 49.1 Å². The zero-order valence-electron chi connectivity index (χ0n) is 16.7. The monoisotopic (exact) mass is 376 g/mol. The van der Waals surface area contributed by atoms with Crippen molar-refractivity contribution in [1.82, 2.24) is 9.97 Å². The molecule has 28 heavy (non-hydrogen) atoms. The summed E-state index contributed by atoms with van der Waals surface area (Å²) >= 11 is 0. The molecule has 0 amide bonds. The molecule has 4 rings (SSSR count). The van der Waals surface area contributed by atoms with Crippen LogP contribution in [0.15, 0.2) is 48.1 Å². The molecule has 5 nitrogen and oxygen atoms in total. The second-order valence-corrected chi connectivity index (χ2v) is 7.19. The van der Waals surface area contributed by atoms with Crippen molar-refractivity contribution in [2.24, 2.45) is 0 Å². The number of hydrogen-bond donors (Lipinski definition) is 1. The number of fused-ring (bicyclic) bond motifs is 2. The summed E-state index contributed by atoms with van der Waals surface area (Å²) in [6.07, 6.45) is 10.8. The van der Waals surface area contributed by atoms with Crippen LogP contribution in [0.2, 0.25) is 0 Å². The Labute approximate surface area is 167 Å². The van der Waals surface area contributed by atoms with E-state index in [0.29, 0.717) is 6.61 Å². The first-order valence-corrected chi connectivity index (χ1v) is 10.2. The summed E-state index contributed by atoms with van der Waals surface area (Å²) in [6, 6.07) is 8.12. The molecule has 1 aromatic heterocycles. The van der Waals surface area contributed by atoms with E-state index in [4.69, 9.17) is 14.7 Å². The molecule has 0 radical (unpaired) electrons. The average molecular weight is 377 g/mol. The normalized spacial score (nSPS) is 16.5. The van der Waals surface area contributed by atoms with Crippen LogP contribution in [-0.4, -0.2) is 29.7 Å². The van der Waals surface area contributed by atoms with Gasteiger partial charge in [0.15, 0.2) is 0 Å². The lowest BCUT2D eigenvalue weighted by Gasteiger charge is -2.31. The van der Waals surface area contributed by atoms with Crippen molar-refractivity contribution in [3.8, 4) is 5.75 Å². The number of nitrogens with zero attached hydrogens (tertiary/aromatic N) is 3. The Kier molecular flexibility index (Phi) is 5.60. The average Bonchev–Trinajstić information content (AvgIpc) is 2.75. The maximum Gasteiger partial charge on any atom is 0.232 e. The van der Waals surface area contributed by atoms with Crippen LogP contribution in [0.1, 0.15) is 37.9 Å². The van der Waals surface area contributed by atoms with Gasteiger partial charge in [0, 0.05) is 12.1 Å². The fourth-order valence-corrected chi connectivity index (χ4v) is 3.88. The predicted molar refractivity (Wildman–Crippen MR) is 115 cm³/mol. The summed E-state index contributed by atoms with van der Waals surface area (Å²) in [4.78, 5) is 12.1. The number of ether oxygens (including phenoxy) is 1. The largest absolute Gasteiger partial charge is 0.490 e. The molecule has 0 saturated carbocycles. The van der Waals surface area contributed by atoms with E-state index in [-0.39, 0.29) is 0 Å². The minimum atomic E-state index is 0.643. The first-order valence-electron chi connectivity index (χ1n) is 10.2. The zero-order chi connectivity index (χ0) is 19.3. The lowest BCUT2D eigenvalue weighted by Crippen LogP contribution is -2.31. The third kappa shape index (κ3) is 3.75. The van der Waals surface area contributed by atoms with Gasteiger partial charge in [0.2, 0.25) is 5.95 Å². The molecule has 0 atom stereocenters. The summed E-state index contributed by atoms with van der Waals surface area (Å²) in [5.41, 5.74) is 4.77. The Balaban J connectivity index is 1.70. The number of para-hydroxylation sites is 2. The highest BCUT2D eigenvalue weighted by atomic mass is 16.5. The van der Waals surface area contributed by atoms with E-state index in [2.05, 4.69) is 41.4 Å². The molecule has 146 valence electrons. The van der Waals surface area contributed by atoms with Crippen LogP contribution >= 0.6 is 0 Å². The number of benzene rings is 1. The molecular weight excluding hydrogens is 348 g/mol. The Morgan fingerprint density at radius 1 is 1.18 bits per heavy atom. The first-order chi connectivity index (χ1) is 13.8. The minimum absolute atomic E-state index is 0.643. The second-order valence-electron chi connectivity index (χ2n) is 7.19. The fourth-order valence-electron chi connectivity index (χ4n) is 3.88. The Hall–Kier alpha value is -2.82. The molecule has 0 unspecified atom stereocenters. The number of rotatable bonds is 5. The van der Waals surface area contributed by atoms with Crippen LogP contribution in [-0.2, 0) is 12.8 Å². The summed E-state index contributed by atoms with van der Waals surface area (Å²) in [6.45, 7) is 6.29. The van der Waals surface area contributed by atoms with Gasteiger partial charge in [-0.25, -0.2) is 4.98 Å². The van der Waals surface area contributed by atoms with Gasteiger partial charge in [0.1, 0.15) is 18.2 Å². The lowest BCUT2D eigenvalue weighted by molar-refractivity contribution is 0.313. The van der Waals surface area contributed by atoms with Gasteiger partial charge in [-0.1, -0.05) is 30.4 Å². The molecule has 0 saturated heterocycles. The fraction of sp³-hybridized carbons (Fsp3) is 0.391. The molecule has 2 heterocycles. The van der Waals surface area contributed by atoms with E-state index < -0.39 is 0 Å². The van der Waals surface area contributed by atoms with E-state index in [9.17, 15) is 0 Å². The maximum atomic E-state index is 5.81. The highest BCUT2D eigenvalue weighted by Crippen LogP contribution is 2.36. The molecule has 1 aliphatic heterocycles. The molecule has 1 aromatic carbocycles. The number of nitrogens with one attached hydrogen (secondary N) is 1. The summed E-state index contributed by atoms with van der Waals surface area (Å²) < 4.78 is 5.81. The first kappa shape index (κ1) is 18.5. The minimum Gasteiger partial charge on any atom is -0.490 e. The van der Waals surface area contributed by atoms with Crippen molar-refractivity contribution >= 4 is 17.5 Å². The van der Waals surface area contributed by atoms with E-state index in [1.807, 2.05) is 25.1 Å². The Bertz CT molecular complexity index is 903. The van der Waals surface area contributed by atoms with Crippen LogP contribution < -0.4 is 15.0 Å². The smallest absolute Gasteiger partial charge is 0.232 e. The molecule has 2 aromatic rings. The van der Waals surface area contributed by atoms with Gasteiger partial charge in [-0.05, 0) is 57.2 Å². The van der Waals surface area contributed by atoms with Crippen molar-refractivity contribution in [2.75, 3.05) is 29.9 Å². The van der Waals surface area contributed by atoms with E-state index in [1.165, 1.54) is 29.7 Å². The number of aromatic nitrogens is 2. The molecular formula is C23H28N4O. The van der Waals surface area contributed by atoms with Crippen molar-refractivity contribution in [3.63, 3.8) is 0 Å². The number of hydrogen-bond acceptors (Lipinski definition) is 5. The molecule has 0 spiro atoms. The third-order valence-electron chi connectivity index (χ3n) is 5.35. The van der Waals surface area contributed by atoms with Crippen LogP contribution in [0.25, 0.3) is 0 Å². The third-order valence-corrected chi connectivity index (χ3v) is 5.35. The summed E-state index contributed by atoms with van der Waals surface area (Å²) in [5.74, 6) is 2.65.